The van der Waals surface area contributed by atoms with E-state index in [1.165, 1.54) is 80.3 Å². The van der Waals surface area contributed by atoms with Crippen LogP contribution in [0.1, 0.15) is 107 Å². The number of thiophene rings is 1. The number of carbonyl (C=O) groups excluding carboxylic acids is 1. The normalized spacial score (nSPS) is 11.9. The van der Waals surface area contributed by atoms with Gasteiger partial charge in [0.1, 0.15) is 10.6 Å². The van der Waals surface area contributed by atoms with Gasteiger partial charge in [-0.05, 0) is 67.1 Å². The highest BCUT2D eigenvalue weighted by atomic mass is 32.1. The van der Waals surface area contributed by atoms with Gasteiger partial charge in [0, 0.05) is 4.88 Å². The van der Waals surface area contributed by atoms with Gasteiger partial charge >= 0.3 is 5.97 Å². The number of hydrogen-bond donors (Lipinski definition) is 0. The van der Waals surface area contributed by atoms with E-state index in [1.807, 2.05) is 19.1 Å². The molecule has 0 radical (unpaired) electrons. The Balaban J connectivity index is 1.45. The van der Waals surface area contributed by atoms with E-state index in [9.17, 15) is 4.79 Å². The average Bonchev–Trinajstić information content (AvgIpc) is 3.44. The lowest BCUT2D eigenvalue weighted by Crippen LogP contribution is -2.14. The second-order valence-electron chi connectivity index (χ2n) is 10.3. The summed E-state index contributed by atoms with van der Waals surface area (Å²) in [5.41, 5.74) is 3.45. The monoisotopic (exact) mass is 534 g/mol. The fourth-order valence-electron chi connectivity index (χ4n) is 4.58. The Hall–Kier alpha value is -2.59. The lowest BCUT2D eigenvalue weighted by atomic mass is 10.0. The number of esters is 1. The van der Waals surface area contributed by atoms with Gasteiger partial charge in [0.25, 0.3) is 0 Å². The van der Waals surface area contributed by atoms with Gasteiger partial charge in [0.15, 0.2) is 0 Å². The Morgan fingerprint density at radius 2 is 1.24 bits per heavy atom. The van der Waals surface area contributed by atoms with Crippen LogP contribution in [-0.4, -0.2) is 18.7 Å². The molecule has 0 aliphatic heterocycles. The first-order chi connectivity index (χ1) is 18.6. The summed E-state index contributed by atoms with van der Waals surface area (Å²) in [6, 6.07) is 20.8. The molecule has 0 aliphatic carbocycles. The van der Waals surface area contributed by atoms with Crippen molar-refractivity contribution in [2.45, 2.75) is 104 Å². The van der Waals surface area contributed by atoms with Gasteiger partial charge in [-0.2, -0.15) is 0 Å². The molecule has 3 nitrogen and oxygen atoms in total. The molecule has 0 saturated carbocycles. The molecule has 4 heteroatoms. The van der Waals surface area contributed by atoms with Gasteiger partial charge in [0.05, 0.1) is 12.7 Å². The molecule has 206 valence electrons. The van der Waals surface area contributed by atoms with E-state index in [2.05, 4.69) is 62.4 Å². The third-order valence-electron chi connectivity index (χ3n) is 6.95. The van der Waals surface area contributed by atoms with Gasteiger partial charge in [-0.15, -0.1) is 11.3 Å². The van der Waals surface area contributed by atoms with E-state index >= 15 is 0 Å². The zero-order valence-corrected chi connectivity index (χ0v) is 24.5. The Morgan fingerprint density at radius 1 is 0.684 bits per heavy atom. The van der Waals surface area contributed by atoms with Crippen molar-refractivity contribution in [3.05, 3.63) is 65.5 Å². The lowest BCUT2D eigenvalue weighted by molar-refractivity contribution is 0.0325. The van der Waals surface area contributed by atoms with Crippen molar-refractivity contribution in [2.24, 2.45) is 0 Å². The van der Waals surface area contributed by atoms with Crippen LogP contribution in [-0.2, 0) is 4.74 Å². The molecule has 0 bridgehead atoms. The number of hydrogen-bond acceptors (Lipinski definition) is 4. The molecule has 0 spiro atoms. The van der Waals surface area contributed by atoms with Crippen LogP contribution in [0.25, 0.3) is 21.6 Å². The third kappa shape index (κ3) is 10.3. The van der Waals surface area contributed by atoms with E-state index < -0.39 is 0 Å². The molecule has 38 heavy (non-hydrogen) atoms. The predicted octanol–water partition coefficient (Wildman–Crippen LogP) is 10.7. The second-order valence-corrected chi connectivity index (χ2v) is 11.4. The maximum Gasteiger partial charge on any atom is 0.348 e. The lowest BCUT2D eigenvalue weighted by Gasteiger charge is -2.12. The molecule has 0 aliphatic rings. The summed E-state index contributed by atoms with van der Waals surface area (Å²) in [6.45, 7) is 7.24. The van der Waals surface area contributed by atoms with Gasteiger partial charge < -0.3 is 9.47 Å². The first-order valence-corrected chi connectivity index (χ1v) is 15.6. The fourth-order valence-corrected chi connectivity index (χ4v) is 5.48. The van der Waals surface area contributed by atoms with Gasteiger partial charge in [0.2, 0.25) is 0 Å². The molecule has 1 heterocycles. The van der Waals surface area contributed by atoms with Crippen LogP contribution in [0, 0.1) is 0 Å². The zero-order valence-electron chi connectivity index (χ0n) is 23.7. The predicted molar refractivity (Wildman–Crippen MR) is 162 cm³/mol. The molecule has 1 atom stereocenters. The van der Waals surface area contributed by atoms with E-state index in [-0.39, 0.29) is 12.1 Å². The molecule has 2 aromatic carbocycles. The Kier molecular flexibility index (Phi) is 13.5. The standard InChI is InChI=1S/C34H46O3S/c1-4-6-8-10-11-12-14-26-36-31-22-20-29(21-23-31)28-16-18-30(19-17-28)32-24-25-33(38-32)34(35)37-27(3)15-13-9-7-5-2/h16-25,27H,4-15,26H2,1-3H3. The van der Waals surface area contributed by atoms with E-state index in [4.69, 9.17) is 9.47 Å². The Morgan fingerprint density at radius 3 is 1.89 bits per heavy atom. The minimum absolute atomic E-state index is 0.0405. The minimum atomic E-state index is -0.213. The van der Waals surface area contributed by atoms with Crippen LogP contribution in [0.5, 0.6) is 5.75 Å². The maximum atomic E-state index is 12.6. The van der Waals surface area contributed by atoms with Crippen molar-refractivity contribution in [3.8, 4) is 27.3 Å². The Bertz CT molecular complexity index is 1050. The molecule has 3 aromatic rings. The fraction of sp³-hybridized carbons (Fsp3) is 0.500. The topological polar surface area (TPSA) is 35.5 Å². The summed E-state index contributed by atoms with van der Waals surface area (Å²) in [4.78, 5) is 14.3. The highest BCUT2D eigenvalue weighted by Crippen LogP contribution is 2.31. The SMILES string of the molecule is CCCCCCCCCOc1ccc(-c2ccc(-c3ccc(C(=O)OC(C)CCCCCC)s3)cc2)cc1. The van der Waals surface area contributed by atoms with Gasteiger partial charge in [-0.25, -0.2) is 4.79 Å². The van der Waals surface area contributed by atoms with Gasteiger partial charge in [-0.1, -0.05) is 108 Å². The summed E-state index contributed by atoms with van der Waals surface area (Å²) >= 11 is 1.50. The van der Waals surface area contributed by atoms with Crippen LogP contribution in [0.2, 0.25) is 0 Å². The number of unbranched alkanes of at least 4 members (excludes halogenated alkanes) is 9. The molecule has 1 aromatic heterocycles. The quantitative estimate of drug-likeness (QED) is 0.120. The van der Waals surface area contributed by atoms with Crippen LogP contribution in [0.15, 0.2) is 60.7 Å². The molecule has 0 amide bonds. The average molecular weight is 535 g/mol. The molecule has 0 fully saturated rings. The number of rotatable bonds is 18. The maximum absolute atomic E-state index is 12.6. The second kappa shape index (κ2) is 17.1. The van der Waals surface area contributed by atoms with Crippen molar-refractivity contribution in [3.63, 3.8) is 0 Å². The third-order valence-corrected chi connectivity index (χ3v) is 8.07. The van der Waals surface area contributed by atoms with E-state index in [0.717, 1.165) is 42.1 Å². The van der Waals surface area contributed by atoms with E-state index in [1.54, 1.807) is 0 Å². The smallest absolute Gasteiger partial charge is 0.348 e. The minimum Gasteiger partial charge on any atom is -0.494 e. The van der Waals surface area contributed by atoms with Crippen LogP contribution in [0.3, 0.4) is 0 Å². The van der Waals surface area contributed by atoms with Crippen molar-refractivity contribution >= 4 is 17.3 Å². The van der Waals surface area contributed by atoms with Crippen LogP contribution in [0.4, 0.5) is 0 Å². The summed E-state index contributed by atoms with van der Waals surface area (Å²) in [5.74, 6) is 0.722. The van der Waals surface area contributed by atoms with Crippen LogP contribution >= 0.6 is 11.3 Å². The molecular formula is C34H46O3S. The van der Waals surface area contributed by atoms with Crippen molar-refractivity contribution in [2.75, 3.05) is 6.61 Å². The Labute approximate surface area is 234 Å². The van der Waals surface area contributed by atoms with Gasteiger partial charge in [-0.3, -0.25) is 0 Å². The summed E-state index contributed by atoms with van der Waals surface area (Å²) in [7, 11) is 0. The summed E-state index contributed by atoms with van der Waals surface area (Å²) < 4.78 is 11.6. The largest absolute Gasteiger partial charge is 0.494 e. The molecule has 0 saturated heterocycles. The number of benzene rings is 2. The zero-order chi connectivity index (χ0) is 27.0. The first kappa shape index (κ1) is 30.0. The molecule has 0 N–H and O–H groups in total. The highest BCUT2D eigenvalue weighted by Gasteiger charge is 2.15. The summed E-state index contributed by atoms with van der Waals surface area (Å²) in [5, 5.41) is 0. The molecule has 1 unspecified atom stereocenters. The van der Waals surface area contributed by atoms with Crippen molar-refractivity contribution < 1.29 is 14.3 Å². The van der Waals surface area contributed by atoms with Crippen molar-refractivity contribution in [1.82, 2.24) is 0 Å². The van der Waals surface area contributed by atoms with E-state index in [0.29, 0.717) is 4.88 Å². The van der Waals surface area contributed by atoms with Crippen molar-refractivity contribution in [1.29, 1.82) is 0 Å². The molecule has 3 rings (SSSR count). The highest BCUT2D eigenvalue weighted by molar-refractivity contribution is 7.17. The molecular weight excluding hydrogens is 488 g/mol. The first-order valence-electron chi connectivity index (χ1n) is 14.7. The summed E-state index contributed by atoms with van der Waals surface area (Å²) in [6.07, 6.45) is 14.7. The number of carbonyl (C=O) groups is 1. The van der Waals surface area contributed by atoms with Crippen LogP contribution < -0.4 is 4.74 Å². The number of ether oxygens (including phenoxy) is 2.